The Hall–Kier alpha value is -3.77. The van der Waals surface area contributed by atoms with Gasteiger partial charge in [0.15, 0.2) is 5.65 Å². The molecule has 0 aliphatic carbocycles. The van der Waals surface area contributed by atoms with Crippen LogP contribution in [0.2, 0.25) is 0 Å². The Morgan fingerprint density at radius 1 is 0.872 bits per heavy atom. The van der Waals surface area contributed by atoms with Gasteiger partial charge in [-0.1, -0.05) is 87.9 Å². The Kier molecular flexibility index (Phi) is 13.1. The molecule has 1 N–H and O–H groups in total. The van der Waals surface area contributed by atoms with Crippen molar-refractivity contribution in [3.05, 3.63) is 117 Å². The van der Waals surface area contributed by atoms with Crippen LogP contribution in [0.25, 0.3) is 16.9 Å². The highest BCUT2D eigenvalue weighted by Gasteiger charge is 2.11. The Balaban J connectivity index is 0.000000217. The van der Waals surface area contributed by atoms with Crippen LogP contribution < -0.4 is 0 Å². The Morgan fingerprint density at radius 3 is 2.00 bits per heavy atom. The Bertz CT molecular complexity index is 1440. The zero-order chi connectivity index (χ0) is 28.8. The maximum Gasteiger partial charge on any atom is 0.170 e. The standard InChI is InChI=1S/C13H10BrN3O.C10H14.C8H8O.C2H6/c1-8-6-11(9-4-2-3-5-12(9)18)16-13-10(14)7-15-17(8)13;1-3-9-5-7-10(4-2)8-6-9;1-7-3-2-4-8(5-7)6-9;1-2/h2-7,18H,1H3;5-8H,3-4H2,1-2H3;2-6H,1H3;1-2H3. The normalized spacial score (nSPS) is 9.82. The first-order chi connectivity index (χ1) is 18.9. The fourth-order valence-electron chi connectivity index (χ4n) is 3.67. The fraction of sp³-hybridized carbons (Fsp3) is 0.242. The van der Waals surface area contributed by atoms with E-state index in [9.17, 15) is 9.90 Å². The molecule has 39 heavy (non-hydrogen) atoms. The number of aromatic hydroxyl groups is 1. The number of benzene rings is 3. The molecule has 3 aromatic carbocycles. The lowest BCUT2D eigenvalue weighted by Crippen LogP contribution is -1.97. The van der Waals surface area contributed by atoms with Crippen LogP contribution in [0, 0.1) is 13.8 Å². The molecular weight excluding hydrogens is 550 g/mol. The number of aldehydes is 1. The second-order valence-corrected chi connectivity index (χ2v) is 9.44. The van der Waals surface area contributed by atoms with Gasteiger partial charge in [-0.15, -0.1) is 0 Å². The summed E-state index contributed by atoms with van der Waals surface area (Å²) < 4.78 is 2.59. The van der Waals surface area contributed by atoms with Crippen LogP contribution >= 0.6 is 15.9 Å². The molecule has 0 aliphatic heterocycles. The Morgan fingerprint density at radius 2 is 1.49 bits per heavy atom. The number of aryl methyl sites for hydroxylation is 4. The van der Waals surface area contributed by atoms with Crippen molar-refractivity contribution in [1.82, 2.24) is 14.6 Å². The zero-order valence-corrected chi connectivity index (χ0v) is 25.2. The van der Waals surface area contributed by atoms with Crippen molar-refractivity contribution in [3.63, 3.8) is 0 Å². The molecule has 0 saturated carbocycles. The minimum Gasteiger partial charge on any atom is -0.507 e. The van der Waals surface area contributed by atoms with Crippen molar-refractivity contribution in [1.29, 1.82) is 0 Å². The van der Waals surface area contributed by atoms with E-state index in [-0.39, 0.29) is 5.75 Å². The number of aromatic nitrogens is 3. The van der Waals surface area contributed by atoms with Crippen LogP contribution in [-0.2, 0) is 12.8 Å². The van der Waals surface area contributed by atoms with Crippen molar-refractivity contribution in [3.8, 4) is 17.0 Å². The van der Waals surface area contributed by atoms with Crippen LogP contribution in [0.3, 0.4) is 0 Å². The summed E-state index contributed by atoms with van der Waals surface area (Å²) in [5.41, 5.74) is 7.89. The van der Waals surface area contributed by atoms with Gasteiger partial charge in [0, 0.05) is 16.8 Å². The predicted molar refractivity (Wildman–Crippen MR) is 166 cm³/mol. The molecule has 2 heterocycles. The van der Waals surface area contributed by atoms with Crippen LogP contribution in [-0.4, -0.2) is 26.0 Å². The van der Waals surface area contributed by atoms with Crippen molar-refractivity contribution in [2.75, 3.05) is 0 Å². The van der Waals surface area contributed by atoms with Crippen LogP contribution in [0.15, 0.2) is 89.5 Å². The van der Waals surface area contributed by atoms with E-state index in [1.807, 2.05) is 64.1 Å². The minimum absolute atomic E-state index is 0.226. The number of para-hydroxylation sites is 1. The molecule has 0 unspecified atom stereocenters. The Labute approximate surface area is 240 Å². The predicted octanol–water partition coefficient (Wildman–Crippen LogP) is 8.82. The number of fused-ring (bicyclic) bond motifs is 1. The highest BCUT2D eigenvalue weighted by atomic mass is 79.9. The first-order valence-electron chi connectivity index (χ1n) is 13.2. The van der Waals surface area contributed by atoms with Gasteiger partial charge in [-0.2, -0.15) is 5.10 Å². The minimum atomic E-state index is 0.226. The molecule has 204 valence electrons. The van der Waals surface area contributed by atoms with E-state index >= 15 is 0 Å². The van der Waals surface area contributed by atoms with Gasteiger partial charge < -0.3 is 5.11 Å². The van der Waals surface area contributed by atoms with E-state index in [2.05, 4.69) is 64.1 Å². The molecule has 0 radical (unpaired) electrons. The molecule has 5 aromatic rings. The third-order valence-corrected chi connectivity index (χ3v) is 6.36. The molecule has 0 atom stereocenters. The molecular formula is C33H38BrN3O2. The number of hydrogen-bond acceptors (Lipinski definition) is 4. The van der Waals surface area contributed by atoms with Gasteiger partial charge in [-0.3, -0.25) is 4.79 Å². The SMILES string of the molecule is CC.CCc1ccc(CC)cc1.Cc1cc(-c2ccccc2O)nc2c(Br)cnn12.Cc1cccc(C=O)c1. The maximum atomic E-state index is 10.2. The lowest BCUT2D eigenvalue weighted by atomic mass is 10.1. The van der Waals surface area contributed by atoms with E-state index in [0.717, 1.165) is 57.3 Å². The largest absolute Gasteiger partial charge is 0.507 e. The third-order valence-electron chi connectivity index (χ3n) is 5.80. The number of carbonyl (C=O) groups is 1. The van der Waals surface area contributed by atoms with Gasteiger partial charge in [0.25, 0.3) is 0 Å². The summed E-state index contributed by atoms with van der Waals surface area (Å²) in [5, 5.41) is 14.1. The summed E-state index contributed by atoms with van der Waals surface area (Å²) in [7, 11) is 0. The van der Waals surface area contributed by atoms with E-state index in [0.29, 0.717) is 0 Å². The van der Waals surface area contributed by atoms with Gasteiger partial charge in [0.05, 0.1) is 16.4 Å². The average molecular weight is 589 g/mol. The summed E-state index contributed by atoms with van der Waals surface area (Å²) in [5.74, 6) is 0.226. The van der Waals surface area contributed by atoms with E-state index in [1.54, 1.807) is 28.9 Å². The lowest BCUT2D eigenvalue weighted by molar-refractivity contribution is 0.112. The smallest absolute Gasteiger partial charge is 0.170 e. The quantitative estimate of drug-likeness (QED) is 0.213. The maximum absolute atomic E-state index is 10.2. The number of halogens is 1. The molecule has 6 heteroatoms. The summed E-state index contributed by atoms with van der Waals surface area (Å²) >= 11 is 3.42. The van der Waals surface area contributed by atoms with Crippen LogP contribution in [0.1, 0.15) is 60.4 Å². The van der Waals surface area contributed by atoms with E-state index in [4.69, 9.17) is 0 Å². The molecule has 5 rings (SSSR count). The molecule has 0 fully saturated rings. The molecule has 0 aliphatic rings. The van der Waals surface area contributed by atoms with Gasteiger partial charge in [-0.05, 0) is 78.0 Å². The number of hydrogen-bond donors (Lipinski definition) is 1. The van der Waals surface area contributed by atoms with Gasteiger partial charge in [-0.25, -0.2) is 9.50 Å². The van der Waals surface area contributed by atoms with Crippen LogP contribution in [0.5, 0.6) is 5.75 Å². The summed E-state index contributed by atoms with van der Waals surface area (Å²) in [6.07, 6.45) is 4.85. The van der Waals surface area contributed by atoms with E-state index in [1.165, 1.54) is 11.1 Å². The monoisotopic (exact) mass is 587 g/mol. The third kappa shape index (κ3) is 9.18. The molecule has 2 aromatic heterocycles. The number of phenolic OH excluding ortho intramolecular Hbond substituents is 1. The number of carbonyl (C=O) groups excluding carboxylic acids is 1. The van der Waals surface area contributed by atoms with Crippen molar-refractivity contribution in [2.45, 2.75) is 54.4 Å². The summed E-state index contributed by atoms with van der Waals surface area (Å²) in [6, 6.07) is 25.4. The second-order valence-electron chi connectivity index (χ2n) is 8.58. The molecule has 5 nitrogen and oxygen atoms in total. The van der Waals surface area contributed by atoms with Crippen molar-refractivity contribution >= 4 is 27.9 Å². The molecule has 0 saturated heterocycles. The van der Waals surface area contributed by atoms with Gasteiger partial charge >= 0.3 is 0 Å². The lowest BCUT2D eigenvalue weighted by Gasteiger charge is -2.06. The van der Waals surface area contributed by atoms with Crippen LogP contribution in [0.4, 0.5) is 0 Å². The summed E-state index contributed by atoms with van der Waals surface area (Å²) in [6.45, 7) is 12.3. The first-order valence-corrected chi connectivity index (χ1v) is 14.0. The van der Waals surface area contributed by atoms with Gasteiger partial charge in [0.2, 0.25) is 0 Å². The number of rotatable bonds is 4. The molecule has 0 amide bonds. The highest BCUT2D eigenvalue weighted by molar-refractivity contribution is 9.10. The topological polar surface area (TPSA) is 67.5 Å². The molecule has 0 spiro atoms. The molecule has 0 bridgehead atoms. The van der Waals surface area contributed by atoms with Crippen molar-refractivity contribution in [2.24, 2.45) is 0 Å². The van der Waals surface area contributed by atoms with Crippen molar-refractivity contribution < 1.29 is 9.90 Å². The van der Waals surface area contributed by atoms with E-state index < -0.39 is 0 Å². The van der Waals surface area contributed by atoms with Gasteiger partial charge in [0.1, 0.15) is 12.0 Å². The first kappa shape index (κ1) is 31.4. The number of nitrogens with zero attached hydrogens (tertiary/aromatic N) is 3. The zero-order valence-electron chi connectivity index (χ0n) is 23.6. The summed E-state index contributed by atoms with van der Waals surface area (Å²) in [4.78, 5) is 14.7. The highest BCUT2D eigenvalue weighted by Crippen LogP contribution is 2.29. The fourth-order valence-corrected chi connectivity index (χ4v) is 4.02. The number of phenols is 1. The second kappa shape index (κ2) is 16.2. The average Bonchev–Trinajstić information content (AvgIpc) is 3.36.